The Morgan fingerprint density at radius 1 is 1.05 bits per heavy atom. The number of alkyl halides is 1. The van der Waals surface area contributed by atoms with E-state index in [0.717, 1.165) is 5.33 Å². The van der Waals surface area contributed by atoms with Gasteiger partial charge < -0.3 is 14.8 Å². The summed E-state index contributed by atoms with van der Waals surface area (Å²) in [5.41, 5.74) is 0.672. The number of amides is 1. The van der Waals surface area contributed by atoms with E-state index < -0.39 is 11.9 Å². The Labute approximate surface area is 130 Å². The van der Waals surface area contributed by atoms with Crippen molar-refractivity contribution in [3.63, 3.8) is 0 Å². The Balaban J connectivity index is 3.04. The monoisotopic (exact) mass is 357 g/mol. The molecule has 0 aromatic heterocycles. The zero-order valence-corrected chi connectivity index (χ0v) is 13.4. The number of hydrogen-bond acceptors (Lipinski definition) is 5. The van der Waals surface area contributed by atoms with Gasteiger partial charge in [-0.15, -0.1) is 0 Å². The number of halogens is 1. The molecule has 0 saturated carbocycles. The van der Waals surface area contributed by atoms with Crippen molar-refractivity contribution in [2.24, 2.45) is 0 Å². The lowest BCUT2D eigenvalue weighted by Crippen LogP contribution is -2.14. The number of carbonyl (C=O) groups excluding carboxylic acids is 3. The van der Waals surface area contributed by atoms with Gasteiger partial charge in [-0.05, 0) is 24.6 Å². The molecule has 0 atom stereocenters. The summed E-state index contributed by atoms with van der Waals surface area (Å²) in [7, 11) is 2.48. The number of carbonyl (C=O) groups is 3. The second-order valence-corrected chi connectivity index (χ2v) is 4.92. The Morgan fingerprint density at radius 2 is 1.57 bits per heavy atom. The van der Waals surface area contributed by atoms with Crippen LogP contribution in [0.3, 0.4) is 0 Å². The quantitative estimate of drug-likeness (QED) is 0.624. The standard InChI is InChI=1S/C14H16BrNO5/c1-20-13(18)9-6-10(14(19)21-2)8-11(7-9)16-12(17)4-3-5-15/h6-8H,3-5H2,1-2H3,(H,16,17). The second kappa shape index (κ2) is 8.41. The SMILES string of the molecule is COC(=O)c1cc(NC(=O)CCCBr)cc(C(=O)OC)c1. The Morgan fingerprint density at radius 3 is 2.00 bits per heavy atom. The van der Waals surface area contributed by atoms with Crippen molar-refractivity contribution < 1.29 is 23.9 Å². The molecule has 6 nitrogen and oxygen atoms in total. The highest BCUT2D eigenvalue weighted by Gasteiger charge is 2.14. The van der Waals surface area contributed by atoms with Crippen LogP contribution < -0.4 is 5.32 Å². The van der Waals surface area contributed by atoms with Crippen LogP contribution in [-0.4, -0.2) is 37.4 Å². The van der Waals surface area contributed by atoms with Crippen molar-refractivity contribution in [2.45, 2.75) is 12.8 Å². The van der Waals surface area contributed by atoms with Crippen LogP contribution >= 0.6 is 15.9 Å². The third kappa shape index (κ3) is 5.18. The Hall–Kier alpha value is -1.89. The molecule has 0 unspecified atom stereocenters. The predicted molar refractivity (Wildman–Crippen MR) is 80.8 cm³/mol. The van der Waals surface area contributed by atoms with E-state index in [0.29, 0.717) is 18.5 Å². The molecule has 0 saturated heterocycles. The normalized spacial score (nSPS) is 9.86. The summed E-state index contributed by atoms with van der Waals surface area (Å²) < 4.78 is 9.24. The van der Waals surface area contributed by atoms with Gasteiger partial charge in [-0.25, -0.2) is 9.59 Å². The Kier molecular flexibility index (Phi) is 6.87. The molecule has 1 aromatic carbocycles. The molecule has 0 fully saturated rings. The molecule has 0 aliphatic carbocycles. The predicted octanol–water partition coefficient (Wildman–Crippen LogP) is 2.37. The van der Waals surface area contributed by atoms with E-state index in [-0.39, 0.29) is 17.0 Å². The lowest BCUT2D eigenvalue weighted by atomic mass is 10.1. The molecule has 1 N–H and O–H groups in total. The minimum absolute atomic E-state index is 0.163. The van der Waals surface area contributed by atoms with Crippen LogP contribution in [0.15, 0.2) is 18.2 Å². The molecule has 0 spiro atoms. The maximum atomic E-state index is 11.7. The van der Waals surface area contributed by atoms with Gasteiger partial charge >= 0.3 is 11.9 Å². The first kappa shape index (κ1) is 17.2. The van der Waals surface area contributed by atoms with E-state index in [1.54, 1.807) is 0 Å². The van der Waals surface area contributed by atoms with Gasteiger partial charge in [-0.2, -0.15) is 0 Å². The molecular formula is C14H16BrNO5. The number of hydrogen-bond donors (Lipinski definition) is 1. The van der Waals surface area contributed by atoms with Gasteiger partial charge in [0.05, 0.1) is 25.3 Å². The lowest BCUT2D eigenvalue weighted by molar-refractivity contribution is -0.116. The van der Waals surface area contributed by atoms with Crippen molar-refractivity contribution in [2.75, 3.05) is 24.9 Å². The summed E-state index contributed by atoms with van der Waals surface area (Å²) >= 11 is 3.24. The van der Waals surface area contributed by atoms with E-state index in [4.69, 9.17) is 0 Å². The number of benzene rings is 1. The Bertz CT molecular complexity index is 510. The number of esters is 2. The first-order valence-electron chi connectivity index (χ1n) is 6.19. The molecule has 1 rings (SSSR count). The third-order valence-corrected chi connectivity index (χ3v) is 3.16. The van der Waals surface area contributed by atoms with Gasteiger partial charge in [-0.3, -0.25) is 4.79 Å². The minimum atomic E-state index is -0.600. The molecule has 114 valence electrons. The van der Waals surface area contributed by atoms with Gasteiger partial charge in [0.2, 0.25) is 5.91 Å². The van der Waals surface area contributed by atoms with Crippen molar-refractivity contribution >= 4 is 39.5 Å². The van der Waals surface area contributed by atoms with Gasteiger partial charge in [-0.1, -0.05) is 15.9 Å². The molecule has 0 aliphatic rings. The van der Waals surface area contributed by atoms with Crippen LogP contribution in [-0.2, 0) is 14.3 Å². The molecule has 7 heteroatoms. The molecule has 0 heterocycles. The number of nitrogens with one attached hydrogen (secondary N) is 1. The van der Waals surface area contributed by atoms with Crippen molar-refractivity contribution in [1.82, 2.24) is 0 Å². The van der Waals surface area contributed by atoms with Gasteiger partial charge in [0.15, 0.2) is 0 Å². The van der Waals surface area contributed by atoms with E-state index in [2.05, 4.69) is 30.7 Å². The number of methoxy groups -OCH3 is 2. The largest absolute Gasteiger partial charge is 0.465 e. The average molecular weight is 358 g/mol. The van der Waals surface area contributed by atoms with E-state index in [1.165, 1.54) is 32.4 Å². The summed E-state index contributed by atoms with van der Waals surface area (Å²) in [6.07, 6.45) is 1.02. The van der Waals surface area contributed by atoms with E-state index >= 15 is 0 Å². The topological polar surface area (TPSA) is 81.7 Å². The summed E-state index contributed by atoms with van der Waals surface area (Å²) in [4.78, 5) is 34.9. The number of rotatable bonds is 6. The molecular weight excluding hydrogens is 342 g/mol. The van der Waals surface area contributed by atoms with Crippen molar-refractivity contribution in [1.29, 1.82) is 0 Å². The van der Waals surface area contributed by atoms with Crippen LogP contribution in [0.5, 0.6) is 0 Å². The first-order valence-corrected chi connectivity index (χ1v) is 7.31. The van der Waals surface area contributed by atoms with Gasteiger partial charge in [0.25, 0.3) is 0 Å². The molecule has 0 radical (unpaired) electrons. The highest BCUT2D eigenvalue weighted by molar-refractivity contribution is 9.09. The number of ether oxygens (including phenoxy) is 2. The van der Waals surface area contributed by atoms with Crippen LogP contribution in [0, 0.1) is 0 Å². The first-order chi connectivity index (χ1) is 10.0. The van der Waals surface area contributed by atoms with E-state index in [1.807, 2.05) is 0 Å². The summed E-state index contributed by atoms with van der Waals surface area (Å²) in [6.45, 7) is 0. The van der Waals surface area contributed by atoms with Gasteiger partial charge in [0, 0.05) is 17.4 Å². The van der Waals surface area contributed by atoms with Crippen LogP contribution in [0.1, 0.15) is 33.6 Å². The fourth-order valence-electron chi connectivity index (χ4n) is 1.62. The average Bonchev–Trinajstić information content (AvgIpc) is 2.50. The second-order valence-electron chi connectivity index (χ2n) is 4.12. The maximum absolute atomic E-state index is 11.7. The lowest BCUT2D eigenvalue weighted by Gasteiger charge is -2.09. The smallest absolute Gasteiger partial charge is 0.337 e. The summed E-state index contributed by atoms with van der Waals surface area (Å²) in [6, 6.07) is 4.25. The summed E-state index contributed by atoms with van der Waals surface area (Å²) in [5.74, 6) is -1.40. The maximum Gasteiger partial charge on any atom is 0.337 e. The van der Waals surface area contributed by atoms with Crippen LogP contribution in [0.25, 0.3) is 0 Å². The van der Waals surface area contributed by atoms with Crippen molar-refractivity contribution in [3.8, 4) is 0 Å². The minimum Gasteiger partial charge on any atom is -0.465 e. The van der Waals surface area contributed by atoms with Crippen molar-refractivity contribution in [3.05, 3.63) is 29.3 Å². The van der Waals surface area contributed by atoms with Crippen LogP contribution in [0.4, 0.5) is 5.69 Å². The fraction of sp³-hybridized carbons (Fsp3) is 0.357. The van der Waals surface area contributed by atoms with E-state index in [9.17, 15) is 14.4 Å². The van der Waals surface area contributed by atoms with Crippen LogP contribution in [0.2, 0.25) is 0 Å². The molecule has 21 heavy (non-hydrogen) atoms. The number of anilines is 1. The third-order valence-electron chi connectivity index (χ3n) is 2.60. The zero-order chi connectivity index (χ0) is 15.8. The fourth-order valence-corrected chi connectivity index (χ4v) is 1.90. The summed E-state index contributed by atoms with van der Waals surface area (Å²) in [5, 5.41) is 3.36. The zero-order valence-electron chi connectivity index (χ0n) is 11.8. The molecule has 0 aliphatic heterocycles. The highest BCUT2D eigenvalue weighted by Crippen LogP contribution is 2.17. The van der Waals surface area contributed by atoms with Gasteiger partial charge in [0.1, 0.15) is 0 Å². The highest BCUT2D eigenvalue weighted by atomic mass is 79.9. The molecule has 1 amide bonds. The molecule has 1 aromatic rings. The molecule has 0 bridgehead atoms.